The van der Waals surface area contributed by atoms with Crippen LogP contribution in [0.15, 0.2) is 24.4 Å². The lowest BCUT2D eigenvalue weighted by Gasteiger charge is -2.17. The van der Waals surface area contributed by atoms with E-state index in [1.165, 1.54) is 17.1 Å². The molecule has 5 nitrogen and oxygen atoms in total. The van der Waals surface area contributed by atoms with Gasteiger partial charge in [0.05, 0.1) is 5.75 Å². The molecule has 0 aliphatic heterocycles. The normalized spacial score (nSPS) is 15.9. The van der Waals surface area contributed by atoms with Crippen molar-refractivity contribution in [1.29, 1.82) is 0 Å². The molecule has 19 heavy (non-hydrogen) atoms. The molecular weight excluding hydrogens is 262 g/mol. The first-order valence-electron chi connectivity index (χ1n) is 6.65. The van der Waals surface area contributed by atoms with Crippen LogP contribution in [0.1, 0.15) is 18.5 Å². The molecule has 0 aromatic carbocycles. The van der Waals surface area contributed by atoms with Gasteiger partial charge in [-0.1, -0.05) is 6.07 Å². The molecule has 0 atom stereocenters. The number of aromatic nitrogens is 1. The molecule has 1 N–H and O–H groups in total. The Labute approximate surface area is 115 Å². The molecule has 0 unspecified atom stereocenters. The predicted molar refractivity (Wildman–Crippen MR) is 75.4 cm³/mol. The topological polar surface area (TPSA) is 62.3 Å². The summed E-state index contributed by atoms with van der Waals surface area (Å²) in [7, 11) is -1.52. The van der Waals surface area contributed by atoms with E-state index in [-0.39, 0.29) is 5.75 Å². The molecule has 0 amide bonds. The Hall–Kier alpha value is -0.980. The first kappa shape index (κ1) is 14.4. The summed E-state index contributed by atoms with van der Waals surface area (Å²) in [6.07, 6.45) is 4.72. The van der Waals surface area contributed by atoms with Gasteiger partial charge in [-0.25, -0.2) is 12.7 Å². The third-order valence-corrected chi connectivity index (χ3v) is 5.11. The number of nitrogens with one attached hydrogen (secondary N) is 1. The van der Waals surface area contributed by atoms with Gasteiger partial charge in [-0.15, -0.1) is 0 Å². The highest BCUT2D eigenvalue weighted by atomic mass is 32.2. The van der Waals surface area contributed by atoms with E-state index in [0.29, 0.717) is 25.6 Å². The van der Waals surface area contributed by atoms with Crippen molar-refractivity contribution >= 4 is 10.0 Å². The largest absolute Gasteiger partial charge is 0.313 e. The summed E-state index contributed by atoms with van der Waals surface area (Å²) in [4.78, 5) is 4.19. The first-order valence-corrected chi connectivity index (χ1v) is 8.26. The number of rotatable bonds is 8. The Morgan fingerprint density at radius 3 is 2.84 bits per heavy atom. The van der Waals surface area contributed by atoms with E-state index in [9.17, 15) is 8.42 Å². The van der Waals surface area contributed by atoms with Crippen LogP contribution >= 0.6 is 0 Å². The Bertz CT molecular complexity index is 486. The minimum atomic E-state index is -3.16. The van der Waals surface area contributed by atoms with Crippen LogP contribution in [0.3, 0.4) is 0 Å². The first-order chi connectivity index (χ1) is 9.08. The molecule has 1 aliphatic carbocycles. The summed E-state index contributed by atoms with van der Waals surface area (Å²) in [6.45, 7) is 1.02. The van der Waals surface area contributed by atoms with E-state index >= 15 is 0 Å². The summed E-state index contributed by atoms with van der Waals surface area (Å²) in [6, 6.07) is 6.23. The molecule has 1 heterocycles. The molecule has 0 radical (unpaired) electrons. The predicted octanol–water partition coefficient (Wildman–Crippen LogP) is 0.638. The zero-order chi connectivity index (χ0) is 13.7. The van der Waals surface area contributed by atoms with E-state index in [1.54, 1.807) is 13.2 Å². The van der Waals surface area contributed by atoms with Crippen molar-refractivity contribution in [3.63, 3.8) is 0 Å². The van der Waals surface area contributed by atoms with Crippen molar-refractivity contribution in [3.05, 3.63) is 30.1 Å². The van der Waals surface area contributed by atoms with Crippen molar-refractivity contribution in [2.24, 2.45) is 0 Å². The summed E-state index contributed by atoms with van der Waals surface area (Å²) in [5.74, 6) is 0.169. The van der Waals surface area contributed by atoms with Crippen molar-refractivity contribution in [2.45, 2.75) is 25.3 Å². The molecule has 6 heteroatoms. The number of hydrogen-bond acceptors (Lipinski definition) is 4. The van der Waals surface area contributed by atoms with Crippen LogP contribution in [0.4, 0.5) is 0 Å². The molecule has 1 fully saturated rings. The summed E-state index contributed by atoms with van der Waals surface area (Å²) in [5.41, 5.74) is 0.917. The standard InChI is InChI=1S/C13H21N3O2S/c1-16(10-7-12-4-2-3-8-14-12)19(17,18)11-9-15-13-5-6-13/h2-4,8,13,15H,5-7,9-11H2,1H3. The van der Waals surface area contributed by atoms with Crippen LogP contribution in [0.25, 0.3) is 0 Å². The van der Waals surface area contributed by atoms with E-state index in [0.717, 1.165) is 5.69 Å². The van der Waals surface area contributed by atoms with Crippen molar-refractivity contribution < 1.29 is 8.42 Å². The lowest BCUT2D eigenvalue weighted by Crippen LogP contribution is -2.35. The molecular formula is C13H21N3O2S. The third kappa shape index (κ3) is 4.89. The Morgan fingerprint density at radius 2 is 2.21 bits per heavy atom. The van der Waals surface area contributed by atoms with Gasteiger partial charge in [0.15, 0.2) is 0 Å². The lowest BCUT2D eigenvalue weighted by molar-refractivity contribution is 0.469. The fourth-order valence-corrected chi connectivity index (χ4v) is 2.85. The van der Waals surface area contributed by atoms with Crippen LogP contribution in [0.2, 0.25) is 0 Å². The number of hydrogen-bond donors (Lipinski definition) is 1. The fourth-order valence-electron chi connectivity index (χ4n) is 1.79. The summed E-state index contributed by atoms with van der Waals surface area (Å²) in [5, 5.41) is 3.22. The second kappa shape index (κ2) is 6.45. The zero-order valence-electron chi connectivity index (χ0n) is 11.2. The molecule has 1 aromatic rings. The smallest absolute Gasteiger partial charge is 0.215 e. The van der Waals surface area contributed by atoms with Crippen LogP contribution in [0.5, 0.6) is 0 Å². The molecule has 0 spiro atoms. The van der Waals surface area contributed by atoms with Gasteiger partial charge >= 0.3 is 0 Å². The minimum absolute atomic E-state index is 0.169. The van der Waals surface area contributed by atoms with Gasteiger partial charge < -0.3 is 5.32 Å². The van der Waals surface area contributed by atoms with Crippen molar-refractivity contribution in [2.75, 3.05) is 25.9 Å². The number of pyridine rings is 1. The molecule has 2 rings (SSSR count). The van der Waals surface area contributed by atoms with E-state index in [4.69, 9.17) is 0 Å². The second-order valence-corrected chi connectivity index (χ2v) is 7.13. The minimum Gasteiger partial charge on any atom is -0.313 e. The van der Waals surface area contributed by atoms with E-state index < -0.39 is 10.0 Å². The average molecular weight is 283 g/mol. The average Bonchev–Trinajstić information content (AvgIpc) is 3.21. The Balaban J connectivity index is 1.75. The maximum absolute atomic E-state index is 12.0. The van der Waals surface area contributed by atoms with Gasteiger partial charge in [0.2, 0.25) is 10.0 Å². The summed E-state index contributed by atoms with van der Waals surface area (Å²) < 4.78 is 25.5. The molecule has 1 aliphatic rings. The van der Waals surface area contributed by atoms with Crippen LogP contribution in [0, 0.1) is 0 Å². The lowest BCUT2D eigenvalue weighted by atomic mass is 10.3. The van der Waals surface area contributed by atoms with E-state index in [1.807, 2.05) is 18.2 Å². The molecule has 1 saturated carbocycles. The van der Waals surface area contributed by atoms with Gasteiger partial charge in [-0.05, 0) is 25.0 Å². The molecule has 106 valence electrons. The van der Waals surface area contributed by atoms with Gasteiger partial charge in [-0.3, -0.25) is 4.98 Å². The molecule has 0 bridgehead atoms. The van der Waals surface area contributed by atoms with Gasteiger partial charge in [0.25, 0.3) is 0 Å². The highest BCUT2D eigenvalue weighted by Gasteiger charge is 2.22. The van der Waals surface area contributed by atoms with Crippen molar-refractivity contribution in [1.82, 2.24) is 14.6 Å². The highest BCUT2D eigenvalue weighted by molar-refractivity contribution is 7.89. The quantitative estimate of drug-likeness (QED) is 0.760. The SMILES string of the molecule is CN(CCc1ccccn1)S(=O)(=O)CCNC1CC1. The van der Waals surface area contributed by atoms with Crippen LogP contribution < -0.4 is 5.32 Å². The molecule has 0 saturated heterocycles. The maximum Gasteiger partial charge on any atom is 0.215 e. The van der Waals surface area contributed by atoms with Gasteiger partial charge in [-0.2, -0.15) is 0 Å². The summed E-state index contributed by atoms with van der Waals surface area (Å²) >= 11 is 0. The fraction of sp³-hybridized carbons (Fsp3) is 0.615. The third-order valence-electron chi connectivity index (χ3n) is 3.25. The molecule has 1 aromatic heterocycles. The van der Waals surface area contributed by atoms with Gasteiger partial charge in [0, 0.05) is 44.5 Å². The maximum atomic E-state index is 12.0. The monoisotopic (exact) mass is 283 g/mol. The van der Waals surface area contributed by atoms with Gasteiger partial charge in [0.1, 0.15) is 0 Å². The Kier molecular flexibility index (Phi) is 4.90. The highest BCUT2D eigenvalue weighted by Crippen LogP contribution is 2.18. The number of nitrogens with zero attached hydrogens (tertiary/aromatic N) is 2. The van der Waals surface area contributed by atoms with Crippen molar-refractivity contribution in [3.8, 4) is 0 Å². The second-order valence-electron chi connectivity index (χ2n) is 4.94. The zero-order valence-corrected chi connectivity index (χ0v) is 12.1. The van der Waals surface area contributed by atoms with Crippen LogP contribution in [-0.2, 0) is 16.4 Å². The number of sulfonamides is 1. The Morgan fingerprint density at radius 1 is 1.42 bits per heavy atom. The number of likely N-dealkylation sites (N-methyl/N-ethyl adjacent to an activating group) is 1. The van der Waals surface area contributed by atoms with E-state index in [2.05, 4.69) is 10.3 Å². The van der Waals surface area contributed by atoms with Crippen LogP contribution in [-0.4, -0.2) is 49.6 Å².